The molecular weight excluding hydrogens is 300 g/mol. The van der Waals surface area contributed by atoms with Crippen LogP contribution in [0.25, 0.3) is 0 Å². The number of carbonyl (C=O) groups excluding carboxylic acids is 3. The summed E-state index contributed by atoms with van der Waals surface area (Å²) < 4.78 is 9.93. The third-order valence-electron chi connectivity index (χ3n) is 3.10. The van der Waals surface area contributed by atoms with E-state index in [9.17, 15) is 14.4 Å². The van der Waals surface area contributed by atoms with Crippen molar-refractivity contribution >= 4 is 18.1 Å². The summed E-state index contributed by atoms with van der Waals surface area (Å²) in [6.07, 6.45) is -1.33. The van der Waals surface area contributed by atoms with Crippen molar-refractivity contribution in [1.29, 1.82) is 0 Å². The summed E-state index contributed by atoms with van der Waals surface area (Å²) in [6.45, 7) is 4.98. The Balaban J connectivity index is 2.14. The van der Waals surface area contributed by atoms with Gasteiger partial charge >= 0.3 is 12.2 Å². The number of ether oxygens (including phenoxy) is 2. The number of hydrogen-bond acceptors (Lipinski definition) is 5. The zero-order valence-electron chi connectivity index (χ0n) is 13.4. The topological polar surface area (TPSA) is 84.9 Å². The molecule has 124 valence electrons. The van der Waals surface area contributed by atoms with Gasteiger partial charge in [-0.15, -0.1) is 0 Å². The van der Waals surface area contributed by atoms with E-state index in [2.05, 4.69) is 5.32 Å². The lowest BCUT2D eigenvalue weighted by molar-refractivity contribution is -0.126. The second-order valence-electron chi connectivity index (χ2n) is 6.17. The summed E-state index contributed by atoms with van der Waals surface area (Å²) in [6, 6.07) is 8.47. The monoisotopic (exact) mass is 320 g/mol. The second kappa shape index (κ2) is 6.68. The van der Waals surface area contributed by atoms with Gasteiger partial charge in [-0.05, 0) is 26.3 Å². The first kappa shape index (κ1) is 16.8. The minimum Gasteiger partial charge on any atom is -0.444 e. The summed E-state index contributed by atoms with van der Waals surface area (Å²) in [5.74, 6) is -0.429. The van der Waals surface area contributed by atoms with Crippen molar-refractivity contribution in [2.75, 3.05) is 13.2 Å². The van der Waals surface area contributed by atoms with Crippen molar-refractivity contribution in [2.45, 2.75) is 32.4 Å². The molecule has 1 aromatic carbocycles. The molecule has 1 fully saturated rings. The fourth-order valence-electron chi connectivity index (χ4n) is 2.11. The van der Waals surface area contributed by atoms with Crippen molar-refractivity contribution in [3.63, 3.8) is 0 Å². The van der Waals surface area contributed by atoms with E-state index >= 15 is 0 Å². The van der Waals surface area contributed by atoms with Gasteiger partial charge in [0.25, 0.3) is 5.91 Å². The van der Waals surface area contributed by atoms with Crippen LogP contribution in [-0.2, 0) is 14.3 Å². The van der Waals surface area contributed by atoms with Gasteiger partial charge in [0.1, 0.15) is 5.60 Å². The van der Waals surface area contributed by atoms with Gasteiger partial charge in [-0.25, -0.2) is 14.5 Å². The first-order valence-electron chi connectivity index (χ1n) is 7.28. The Bertz CT molecular complexity index is 578. The predicted molar refractivity (Wildman–Crippen MR) is 81.6 cm³/mol. The van der Waals surface area contributed by atoms with Crippen molar-refractivity contribution in [3.05, 3.63) is 35.9 Å². The number of alkyl carbamates (subject to hydrolysis) is 1. The first-order valence-corrected chi connectivity index (χ1v) is 7.28. The first-order chi connectivity index (χ1) is 10.8. The molecule has 1 N–H and O–H groups in total. The van der Waals surface area contributed by atoms with E-state index in [1.165, 1.54) is 0 Å². The molecule has 0 spiro atoms. The van der Waals surface area contributed by atoms with Gasteiger partial charge in [0.05, 0.1) is 12.6 Å². The number of amides is 3. The zero-order chi connectivity index (χ0) is 17.0. The third kappa shape index (κ3) is 4.70. The molecule has 1 heterocycles. The largest absolute Gasteiger partial charge is 0.444 e. The predicted octanol–water partition coefficient (Wildman–Crippen LogP) is 2.23. The maximum absolute atomic E-state index is 12.0. The summed E-state index contributed by atoms with van der Waals surface area (Å²) >= 11 is 0. The van der Waals surface area contributed by atoms with Crippen LogP contribution >= 0.6 is 0 Å². The molecule has 2 rings (SSSR count). The third-order valence-corrected chi connectivity index (χ3v) is 3.10. The maximum Gasteiger partial charge on any atom is 0.417 e. The SMILES string of the molecule is CC(C)(C)OC(=O)N[C@@H](CN1C(=O)COC1=O)c1ccccc1. The zero-order valence-corrected chi connectivity index (χ0v) is 13.4. The number of nitrogens with one attached hydrogen (secondary N) is 1. The van der Waals surface area contributed by atoms with Crippen LogP contribution in [0.2, 0.25) is 0 Å². The van der Waals surface area contributed by atoms with Gasteiger partial charge in [-0.1, -0.05) is 30.3 Å². The van der Waals surface area contributed by atoms with Crippen LogP contribution in [0.1, 0.15) is 32.4 Å². The van der Waals surface area contributed by atoms with E-state index in [1.807, 2.05) is 18.2 Å². The van der Waals surface area contributed by atoms with Gasteiger partial charge in [-0.2, -0.15) is 0 Å². The molecule has 0 unspecified atom stereocenters. The van der Waals surface area contributed by atoms with E-state index in [0.717, 1.165) is 10.5 Å². The minimum atomic E-state index is -0.707. The van der Waals surface area contributed by atoms with Crippen molar-refractivity contribution < 1.29 is 23.9 Å². The maximum atomic E-state index is 12.0. The van der Waals surface area contributed by atoms with Crippen LogP contribution < -0.4 is 5.32 Å². The summed E-state index contributed by atoms with van der Waals surface area (Å²) in [7, 11) is 0. The standard InChI is InChI=1S/C16H20N2O5/c1-16(2,3)23-14(20)17-12(11-7-5-4-6-8-11)9-18-13(19)10-22-15(18)21/h4-8,12H,9-10H2,1-3H3,(H,17,20)/t12-/m0/s1. The highest BCUT2D eigenvalue weighted by Gasteiger charge is 2.34. The molecule has 0 aliphatic carbocycles. The van der Waals surface area contributed by atoms with Crippen molar-refractivity contribution in [3.8, 4) is 0 Å². The molecule has 1 atom stereocenters. The molecular formula is C16H20N2O5. The quantitative estimate of drug-likeness (QED) is 0.919. The molecule has 23 heavy (non-hydrogen) atoms. The Kier molecular flexibility index (Phi) is 4.88. The lowest BCUT2D eigenvalue weighted by Crippen LogP contribution is -2.42. The number of rotatable bonds is 4. The highest BCUT2D eigenvalue weighted by atomic mass is 16.6. The van der Waals surface area contributed by atoms with Crippen LogP contribution in [0.3, 0.4) is 0 Å². The van der Waals surface area contributed by atoms with Crippen LogP contribution in [-0.4, -0.2) is 41.7 Å². The molecule has 7 nitrogen and oxygen atoms in total. The molecule has 1 aromatic rings. The minimum absolute atomic E-state index is 0.0130. The molecule has 0 aromatic heterocycles. The number of benzene rings is 1. The van der Waals surface area contributed by atoms with E-state index in [4.69, 9.17) is 9.47 Å². The van der Waals surface area contributed by atoms with Crippen LogP contribution in [0.4, 0.5) is 9.59 Å². The second-order valence-corrected chi connectivity index (χ2v) is 6.17. The number of hydrogen-bond donors (Lipinski definition) is 1. The molecule has 1 aliphatic heterocycles. The summed E-state index contributed by atoms with van der Waals surface area (Å²) in [5.41, 5.74) is 0.110. The van der Waals surface area contributed by atoms with Gasteiger partial charge in [0.2, 0.25) is 0 Å². The van der Waals surface area contributed by atoms with E-state index in [0.29, 0.717) is 0 Å². The Morgan fingerprint density at radius 1 is 1.30 bits per heavy atom. The molecule has 7 heteroatoms. The molecule has 1 aliphatic rings. The van der Waals surface area contributed by atoms with E-state index in [1.54, 1.807) is 32.9 Å². The molecule has 0 saturated carbocycles. The number of cyclic esters (lactones) is 1. The smallest absolute Gasteiger partial charge is 0.417 e. The Morgan fingerprint density at radius 2 is 1.96 bits per heavy atom. The van der Waals surface area contributed by atoms with Crippen molar-refractivity contribution in [1.82, 2.24) is 10.2 Å². The van der Waals surface area contributed by atoms with E-state index < -0.39 is 29.7 Å². The van der Waals surface area contributed by atoms with Crippen LogP contribution in [0.5, 0.6) is 0 Å². The molecule has 0 radical (unpaired) electrons. The van der Waals surface area contributed by atoms with E-state index in [-0.39, 0.29) is 13.2 Å². The van der Waals surface area contributed by atoms with Gasteiger partial charge in [0, 0.05) is 0 Å². The average Bonchev–Trinajstić information content (AvgIpc) is 2.77. The lowest BCUT2D eigenvalue weighted by atomic mass is 10.1. The lowest BCUT2D eigenvalue weighted by Gasteiger charge is -2.25. The number of nitrogens with zero attached hydrogens (tertiary/aromatic N) is 1. The van der Waals surface area contributed by atoms with Gasteiger partial charge in [-0.3, -0.25) is 4.79 Å². The molecule has 3 amide bonds. The summed E-state index contributed by atoms with van der Waals surface area (Å²) in [5, 5.41) is 2.70. The van der Waals surface area contributed by atoms with Gasteiger partial charge in [0.15, 0.2) is 6.61 Å². The van der Waals surface area contributed by atoms with Gasteiger partial charge < -0.3 is 14.8 Å². The highest BCUT2D eigenvalue weighted by Crippen LogP contribution is 2.18. The molecule has 1 saturated heterocycles. The highest BCUT2D eigenvalue weighted by molar-refractivity contribution is 5.97. The fraction of sp³-hybridized carbons (Fsp3) is 0.438. The summed E-state index contributed by atoms with van der Waals surface area (Å²) in [4.78, 5) is 36.3. The van der Waals surface area contributed by atoms with Crippen LogP contribution in [0.15, 0.2) is 30.3 Å². The van der Waals surface area contributed by atoms with Crippen LogP contribution in [0, 0.1) is 0 Å². The Labute approximate surface area is 134 Å². The Hall–Kier alpha value is -2.57. The average molecular weight is 320 g/mol. The fourth-order valence-corrected chi connectivity index (χ4v) is 2.11. The number of imide groups is 1. The molecule has 0 bridgehead atoms. The van der Waals surface area contributed by atoms with Crippen molar-refractivity contribution in [2.24, 2.45) is 0 Å². The normalized spacial score (nSPS) is 16.0. The number of carbonyl (C=O) groups is 3. The Morgan fingerprint density at radius 3 is 2.48 bits per heavy atom.